The summed E-state index contributed by atoms with van der Waals surface area (Å²) < 4.78 is 13.1. The van der Waals surface area contributed by atoms with Crippen molar-refractivity contribution in [3.8, 4) is 17.7 Å². The van der Waals surface area contributed by atoms with Crippen molar-refractivity contribution in [1.82, 2.24) is 19.4 Å². The molecule has 2 fully saturated rings. The summed E-state index contributed by atoms with van der Waals surface area (Å²) in [5.41, 5.74) is 2.30. The Labute approximate surface area is 232 Å². The lowest BCUT2D eigenvalue weighted by Crippen LogP contribution is -2.48. The van der Waals surface area contributed by atoms with Gasteiger partial charge in [-0.15, -0.1) is 0 Å². The number of nitrogens with zero attached hydrogens (tertiary/aromatic N) is 5. The number of anilines is 1. The molecule has 208 valence electrons. The second-order valence-electron chi connectivity index (χ2n) is 10.4. The highest BCUT2D eigenvalue weighted by atomic mass is 16.5. The number of benzene rings is 1. The number of rotatable bonds is 8. The minimum Gasteiger partial charge on any atom is -0.382 e. The van der Waals surface area contributed by atoms with Gasteiger partial charge in [0.2, 0.25) is 11.7 Å². The lowest BCUT2D eigenvalue weighted by atomic mass is 9.85. The van der Waals surface area contributed by atoms with Crippen LogP contribution in [0, 0.1) is 17.8 Å². The van der Waals surface area contributed by atoms with Gasteiger partial charge in [-0.25, -0.2) is 9.97 Å². The summed E-state index contributed by atoms with van der Waals surface area (Å²) >= 11 is 0. The highest BCUT2D eigenvalue weighted by Gasteiger charge is 2.22. The smallest absolute Gasteiger partial charge is 0.222 e. The van der Waals surface area contributed by atoms with Crippen molar-refractivity contribution in [2.75, 3.05) is 51.4 Å². The molecule has 0 atom stereocenters. The number of amides is 1. The van der Waals surface area contributed by atoms with Crippen LogP contribution in [0.3, 0.4) is 0 Å². The first-order chi connectivity index (χ1) is 19.2. The fourth-order valence-electron chi connectivity index (χ4n) is 5.67. The SMILES string of the molecule is CCC(=O)N1CCN(c2cccc3c2ccn3-c2ccnc(C#CCC3CCC(OCCOC)CC3)n2)CC1.[HH]. The monoisotopic (exact) mass is 531 g/mol. The highest BCUT2D eigenvalue weighted by molar-refractivity contribution is 5.94. The van der Waals surface area contributed by atoms with Crippen LogP contribution in [-0.4, -0.2) is 77.9 Å². The summed E-state index contributed by atoms with van der Waals surface area (Å²) in [7, 11) is 1.71. The lowest BCUT2D eigenvalue weighted by molar-refractivity contribution is -0.131. The summed E-state index contributed by atoms with van der Waals surface area (Å²) in [6.07, 6.45) is 10.1. The normalized spacial score (nSPS) is 19.6. The van der Waals surface area contributed by atoms with E-state index >= 15 is 0 Å². The first kappa shape index (κ1) is 27.2. The van der Waals surface area contributed by atoms with Gasteiger partial charge in [0.25, 0.3) is 0 Å². The molecule has 2 aromatic heterocycles. The van der Waals surface area contributed by atoms with Crippen LogP contribution in [0.15, 0.2) is 42.7 Å². The molecule has 1 aliphatic carbocycles. The minimum absolute atomic E-state index is 0. The second-order valence-corrected chi connectivity index (χ2v) is 10.4. The van der Waals surface area contributed by atoms with Crippen LogP contribution in [0.5, 0.6) is 0 Å². The molecule has 0 bridgehead atoms. The summed E-state index contributed by atoms with van der Waals surface area (Å²) in [6, 6.07) is 10.5. The molecule has 1 saturated carbocycles. The minimum atomic E-state index is 0. The Bertz CT molecular complexity index is 1320. The van der Waals surface area contributed by atoms with Gasteiger partial charge in [0.15, 0.2) is 0 Å². The quantitative estimate of drug-likeness (QED) is 0.310. The van der Waals surface area contributed by atoms with Gasteiger partial charge in [-0.2, -0.15) is 0 Å². The maximum Gasteiger partial charge on any atom is 0.222 e. The highest BCUT2D eigenvalue weighted by Crippen LogP contribution is 2.30. The predicted molar refractivity (Wildman–Crippen MR) is 155 cm³/mol. The molecule has 8 heteroatoms. The molecule has 8 nitrogen and oxygen atoms in total. The van der Waals surface area contributed by atoms with E-state index in [9.17, 15) is 4.79 Å². The van der Waals surface area contributed by atoms with Gasteiger partial charge in [0, 0.05) is 71.0 Å². The summed E-state index contributed by atoms with van der Waals surface area (Å²) in [5, 5.41) is 1.18. The van der Waals surface area contributed by atoms with E-state index in [0.29, 0.717) is 37.5 Å². The van der Waals surface area contributed by atoms with Gasteiger partial charge in [-0.1, -0.05) is 18.9 Å². The van der Waals surface area contributed by atoms with Crippen LogP contribution in [0.25, 0.3) is 16.7 Å². The molecule has 0 spiro atoms. The van der Waals surface area contributed by atoms with Crippen LogP contribution >= 0.6 is 0 Å². The number of fused-ring (bicyclic) bond motifs is 1. The van der Waals surface area contributed by atoms with E-state index in [4.69, 9.17) is 14.5 Å². The van der Waals surface area contributed by atoms with Crippen molar-refractivity contribution in [3.05, 3.63) is 48.5 Å². The molecule has 2 aliphatic rings. The van der Waals surface area contributed by atoms with Crippen molar-refractivity contribution in [2.24, 2.45) is 5.92 Å². The average Bonchev–Trinajstić information content (AvgIpc) is 3.42. The largest absolute Gasteiger partial charge is 0.382 e. The first-order valence-corrected chi connectivity index (χ1v) is 14.2. The molecular formula is C31H41N5O3. The van der Waals surface area contributed by atoms with Crippen LogP contribution in [0.1, 0.15) is 52.7 Å². The number of hydrogen-bond acceptors (Lipinski definition) is 6. The van der Waals surface area contributed by atoms with Crippen molar-refractivity contribution < 1.29 is 15.7 Å². The number of methoxy groups -OCH3 is 1. The molecule has 39 heavy (non-hydrogen) atoms. The number of carbonyl (C=O) groups excluding carboxylic acids is 1. The third kappa shape index (κ3) is 6.60. The molecule has 0 radical (unpaired) electrons. The van der Waals surface area contributed by atoms with Crippen molar-refractivity contribution in [2.45, 2.75) is 51.6 Å². The number of piperazine rings is 1. The Balaban J connectivity index is 0.00000370. The average molecular weight is 532 g/mol. The van der Waals surface area contributed by atoms with E-state index < -0.39 is 0 Å². The van der Waals surface area contributed by atoms with Gasteiger partial charge in [-0.3, -0.25) is 4.79 Å². The zero-order chi connectivity index (χ0) is 27.0. The zero-order valence-corrected chi connectivity index (χ0v) is 23.1. The fraction of sp³-hybridized carbons (Fsp3) is 0.516. The second kappa shape index (κ2) is 13.1. The van der Waals surface area contributed by atoms with Crippen LogP contribution < -0.4 is 4.90 Å². The Morgan fingerprint density at radius 3 is 2.67 bits per heavy atom. The van der Waals surface area contributed by atoms with Crippen molar-refractivity contribution in [3.63, 3.8) is 0 Å². The number of aromatic nitrogens is 3. The lowest BCUT2D eigenvalue weighted by Gasteiger charge is -2.36. The number of carbonyl (C=O) groups is 1. The van der Waals surface area contributed by atoms with E-state index in [2.05, 4.69) is 56.8 Å². The van der Waals surface area contributed by atoms with Crippen LogP contribution in [-0.2, 0) is 14.3 Å². The first-order valence-electron chi connectivity index (χ1n) is 14.2. The number of hydrogen-bond donors (Lipinski definition) is 0. The van der Waals surface area contributed by atoms with E-state index in [1.54, 1.807) is 13.3 Å². The standard InChI is InChI=1S/C31H39N5O3.H2/c1-3-31(37)35-20-18-34(19-21-35)27-7-5-8-28-26(27)15-17-36(28)30-14-16-32-29(33-30)9-4-6-24-10-12-25(13-11-24)39-23-22-38-2;/h5,7-8,14-17,24-25H,3,6,10-13,18-23H2,1-2H3;1H. The molecule has 0 N–H and O–H groups in total. The third-order valence-electron chi connectivity index (χ3n) is 7.90. The predicted octanol–water partition coefficient (Wildman–Crippen LogP) is 4.69. The summed E-state index contributed by atoms with van der Waals surface area (Å²) in [4.78, 5) is 25.6. The van der Waals surface area contributed by atoms with Gasteiger partial charge >= 0.3 is 0 Å². The Morgan fingerprint density at radius 2 is 1.90 bits per heavy atom. The Hall–Kier alpha value is -3.41. The van der Waals surface area contributed by atoms with Crippen molar-refractivity contribution >= 4 is 22.5 Å². The van der Waals surface area contributed by atoms with Crippen molar-refractivity contribution in [1.29, 1.82) is 0 Å². The molecule has 1 aromatic carbocycles. The van der Waals surface area contributed by atoms with E-state index in [0.717, 1.165) is 69.6 Å². The van der Waals surface area contributed by atoms with Gasteiger partial charge in [-0.05, 0) is 61.8 Å². The van der Waals surface area contributed by atoms with Gasteiger partial charge < -0.3 is 23.8 Å². The maximum absolute atomic E-state index is 12.1. The summed E-state index contributed by atoms with van der Waals surface area (Å²) in [5.74, 6) is 8.75. The fourth-order valence-corrected chi connectivity index (χ4v) is 5.67. The molecule has 5 rings (SSSR count). The molecular weight excluding hydrogens is 490 g/mol. The Morgan fingerprint density at radius 1 is 1.08 bits per heavy atom. The molecule has 1 aliphatic heterocycles. The van der Waals surface area contributed by atoms with Crippen LogP contribution in [0.4, 0.5) is 5.69 Å². The van der Waals surface area contributed by atoms with E-state index in [1.807, 2.05) is 17.9 Å². The molecule has 3 aromatic rings. The van der Waals surface area contributed by atoms with E-state index in [1.165, 1.54) is 11.1 Å². The Kier molecular flexibility index (Phi) is 9.12. The van der Waals surface area contributed by atoms with Crippen LogP contribution in [0.2, 0.25) is 0 Å². The van der Waals surface area contributed by atoms with Gasteiger partial charge in [0.05, 0.1) is 24.8 Å². The topological polar surface area (TPSA) is 72.7 Å². The third-order valence-corrected chi connectivity index (χ3v) is 7.90. The maximum atomic E-state index is 12.1. The summed E-state index contributed by atoms with van der Waals surface area (Å²) in [6.45, 7) is 6.47. The molecule has 0 unspecified atom stereocenters. The number of ether oxygens (including phenoxy) is 2. The molecule has 3 heterocycles. The van der Waals surface area contributed by atoms with Gasteiger partial charge in [0.1, 0.15) is 5.82 Å². The molecule has 1 amide bonds. The van der Waals surface area contributed by atoms with E-state index in [-0.39, 0.29) is 7.33 Å². The molecule has 1 saturated heterocycles. The zero-order valence-electron chi connectivity index (χ0n) is 23.1.